The number of likely N-dealkylation sites (tertiary alicyclic amines) is 1. The molecule has 4 rings (SSSR count). The number of amides is 1. The molecule has 0 aliphatic carbocycles. The van der Waals surface area contributed by atoms with Crippen molar-refractivity contribution in [3.8, 4) is 0 Å². The first-order valence-electron chi connectivity index (χ1n) is 8.59. The van der Waals surface area contributed by atoms with Gasteiger partial charge in [0.25, 0.3) is 5.91 Å². The molecule has 1 atom stereocenters. The van der Waals surface area contributed by atoms with Crippen molar-refractivity contribution < 1.29 is 14.7 Å². The third kappa shape index (κ3) is 2.88. The Morgan fingerprint density at radius 2 is 2.08 bits per heavy atom. The summed E-state index contributed by atoms with van der Waals surface area (Å²) in [5.41, 5.74) is 2.02. The summed E-state index contributed by atoms with van der Waals surface area (Å²) in [5, 5.41) is 14.9. The van der Waals surface area contributed by atoms with E-state index in [1.165, 1.54) is 16.2 Å². The Kier molecular flexibility index (Phi) is 4.24. The molecule has 1 unspecified atom stereocenters. The molecule has 7 heteroatoms. The summed E-state index contributed by atoms with van der Waals surface area (Å²) in [5.74, 6) is -1.12. The molecule has 0 radical (unpaired) electrons. The van der Waals surface area contributed by atoms with Gasteiger partial charge >= 0.3 is 5.97 Å². The van der Waals surface area contributed by atoms with Gasteiger partial charge in [0.1, 0.15) is 10.9 Å². The lowest BCUT2D eigenvalue weighted by molar-refractivity contribution is -0.141. The molecule has 0 bridgehead atoms. The number of carbonyl (C=O) groups is 2. The molecule has 26 heavy (non-hydrogen) atoms. The quantitative estimate of drug-likeness (QED) is 0.767. The van der Waals surface area contributed by atoms with E-state index in [4.69, 9.17) is 0 Å². The summed E-state index contributed by atoms with van der Waals surface area (Å²) in [6.45, 7) is 3.07. The second-order valence-corrected chi connectivity index (χ2v) is 7.58. The predicted octanol–water partition coefficient (Wildman–Crippen LogP) is 3.14. The van der Waals surface area contributed by atoms with Gasteiger partial charge in [0.15, 0.2) is 0 Å². The maximum atomic E-state index is 12.9. The van der Waals surface area contributed by atoms with Crippen molar-refractivity contribution in [2.45, 2.75) is 32.4 Å². The second-order valence-electron chi connectivity index (χ2n) is 6.55. The van der Waals surface area contributed by atoms with Crippen molar-refractivity contribution in [3.63, 3.8) is 0 Å². The van der Waals surface area contributed by atoms with Crippen LogP contribution in [0.5, 0.6) is 0 Å². The van der Waals surface area contributed by atoms with Crippen LogP contribution in [0.15, 0.2) is 36.4 Å². The average molecular weight is 369 g/mol. The van der Waals surface area contributed by atoms with Crippen LogP contribution >= 0.6 is 11.3 Å². The zero-order chi connectivity index (χ0) is 18.3. The van der Waals surface area contributed by atoms with Crippen LogP contribution in [0.4, 0.5) is 0 Å². The topological polar surface area (TPSA) is 75.4 Å². The van der Waals surface area contributed by atoms with E-state index in [1.54, 1.807) is 0 Å². The lowest BCUT2D eigenvalue weighted by Gasteiger charge is -2.20. The smallest absolute Gasteiger partial charge is 0.326 e. The molecule has 3 aromatic rings. The SMILES string of the molecule is Cc1nn(Cc2ccccc2)c2sc(C(=O)N3CCCC3C(=O)O)cc12. The van der Waals surface area contributed by atoms with Gasteiger partial charge in [0, 0.05) is 11.9 Å². The highest BCUT2D eigenvalue weighted by molar-refractivity contribution is 7.20. The Bertz CT molecular complexity index is 977. The number of carbonyl (C=O) groups excluding carboxylic acids is 1. The molecule has 0 spiro atoms. The highest BCUT2D eigenvalue weighted by atomic mass is 32.1. The Morgan fingerprint density at radius 1 is 1.31 bits per heavy atom. The lowest BCUT2D eigenvalue weighted by Crippen LogP contribution is -2.40. The number of benzene rings is 1. The predicted molar refractivity (Wildman–Crippen MR) is 99.6 cm³/mol. The van der Waals surface area contributed by atoms with E-state index in [2.05, 4.69) is 5.10 Å². The number of fused-ring (bicyclic) bond motifs is 1. The minimum atomic E-state index is -0.927. The average Bonchev–Trinajstić information content (AvgIpc) is 3.33. The Morgan fingerprint density at radius 3 is 2.81 bits per heavy atom. The number of nitrogens with zero attached hydrogens (tertiary/aromatic N) is 3. The number of hydrogen-bond donors (Lipinski definition) is 1. The fraction of sp³-hybridized carbons (Fsp3) is 0.316. The van der Waals surface area contributed by atoms with Crippen LogP contribution in [-0.2, 0) is 11.3 Å². The fourth-order valence-electron chi connectivity index (χ4n) is 3.49. The molecule has 1 saturated heterocycles. The van der Waals surface area contributed by atoms with Gasteiger partial charge in [-0.15, -0.1) is 11.3 Å². The van der Waals surface area contributed by atoms with Crippen LogP contribution in [0.25, 0.3) is 10.2 Å². The molecule has 2 aromatic heterocycles. The van der Waals surface area contributed by atoms with Crippen LogP contribution in [-0.4, -0.2) is 44.3 Å². The zero-order valence-corrected chi connectivity index (χ0v) is 15.2. The Hall–Kier alpha value is -2.67. The third-order valence-corrected chi connectivity index (χ3v) is 5.93. The van der Waals surface area contributed by atoms with Crippen molar-refractivity contribution >= 4 is 33.4 Å². The van der Waals surface area contributed by atoms with Crippen LogP contribution in [0.1, 0.15) is 33.8 Å². The number of aromatic nitrogens is 2. The van der Waals surface area contributed by atoms with Gasteiger partial charge in [-0.1, -0.05) is 30.3 Å². The number of rotatable bonds is 4. The Balaban J connectivity index is 1.66. The monoisotopic (exact) mass is 369 g/mol. The van der Waals surface area contributed by atoms with E-state index in [0.717, 1.165) is 27.9 Å². The molecule has 3 heterocycles. The van der Waals surface area contributed by atoms with Crippen LogP contribution in [0.2, 0.25) is 0 Å². The summed E-state index contributed by atoms with van der Waals surface area (Å²) in [7, 11) is 0. The van der Waals surface area contributed by atoms with Gasteiger partial charge in [-0.3, -0.25) is 9.48 Å². The number of thiophene rings is 1. The molecule has 1 amide bonds. The summed E-state index contributed by atoms with van der Waals surface area (Å²) in [6, 6.07) is 11.2. The molecular formula is C19H19N3O3S. The third-order valence-electron chi connectivity index (χ3n) is 4.79. The largest absolute Gasteiger partial charge is 0.480 e. The van der Waals surface area contributed by atoms with E-state index in [0.29, 0.717) is 24.4 Å². The summed E-state index contributed by atoms with van der Waals surface area (Å²) < 4.78 is 1.92. The highest BCUT2D eigenvalue weighted by Crippen LogP contribution is 2.31. The number of hydrogen-bond acceptors (Lipinski definition) is 4. The van der Waals surface area contributed by atoms with E-state index in [-0.39, 0.29) is 5.91 Å². The summed E-state index contributed by atoms with van der Waals surface area (Å²) in [6.07, 6.45) is 1.25. The van der Waals surface area contributed by atoms with E-state index < -0.39 is 12.0 Å². The van der Waals surface area contributed by atoms with E-state index in [1.807, 2.05) is 48.0 Å². The van der Waals surface area contributed by atoms with Crippen LogP contribution in [0.3, 0.4) is 0 Å². The number of carboxylic acid groups (broad SMARTS) is 1. The zero-order valence-electron chi connectivity index (χ0n) is 14.4. The minimum absolute atomic E-state index is 0.193. The maximum absolute atomic E-state index is 12.9. The van der Waals surface area contributed by atoms with Crippen molar-refractivity contribution in [1.82, 2.24) is 14.7 Å². The number of aliphatic carboxylic acids is 1. The Labute approximate surface area is 154 Å². The van der Waals surface area contributed by atoms with Gasteiger partial charge in [0.2, 0.25) is 0 Å². The normalized spacial score (nSPS) is 17.1. The number of carboxylic acids is 1. The van der Waals surface area contributed by atoms with E-state index in [9.17, 15) is 14.7 Å². The lowest BCUT2D eigenvalue weighted by atomic mass is 10.2. The highest BCUT2D eigenvalue weighted by Gasteiger charge is 2.35. The van der Waals surface area contributed by atoms with Crippen LogP contribution in [0, 0.1) is 6.92 Å². The molecule has 1 fully saturated rings. The van der Waals surface area contributed by atoms with Crippen LogP contribution < -0.4 is 0 Å². The maximum Gasteiger partial charge on any atom is 0.326 e. The minimum Gasteiger partial charge on any atom is -0.480 e. The first-order chi connectivity index (χ1) is 12.5. The fourth-order valence-corrected chi connectivity index (χ4v) is 4.61. The molecular weight excluding hydrogens is 350 g/mol. The molecule has 1 aliphatic rings. The molecule has 6 nitrogen and oxygen atoms in total. The van der Waals surface area contributed by atoms with Crippen molar-refractivity contribution in [3.05, 3.63) is 52.5 Å². The molecule has 1 aromatic carbocycles. The number of aryl methyl sites for hydroxylation is 1. The van der Waals surface area contributed by atoms with Crippen molar-refractivity contribution in [2.75, 3.05) is 6.54 Å². The summed E-state index contributed by atoms with van der Waals surface area (Å²) >= 11 is 1.39. The summed E-state index contributed by atoms with van der Waals surface area (Å²) in [4.78, 5) is 27.2. The first kappa shape index (κ1) is 16.8. The van der Waals surface area contributed by atoms with Gasteiger partial charge in [0.05, 0.1) is 17.1 Å². The van der Waals surface area contributed by atoms with Crippen molar-refractivity contribution in [2.24, 2.45) is 0 Å². The van der Waals surface area contributed by atoms with Gasteiger partial charge in [-0.25, -0.2) is 4.79 Å². The molecule has 1 N–H and O–H groups in total. The van der Waals surface area contributed by atoms with Crippen molar-refractivity contribution in [1.29, 1.82) is 0 Å². The second kappa shape index (κ2) is 6.57. The standard InChI is InChI=1S/C19H19N3O3S/c1-12-14-10-16(17(23)21-9-5-8-15(21)19(24)25)26-18(14)22(20-12)11-13-6-3-2-4-7-13/h2-4,6-7,10,15H,5,8-9,11H2,1H3,(H,24,25). The molecule has 1 aliphatic heterocycles. The van der Waals surface area contributed by atoms with Gasteiger partial charge in [-0.2, -0.15) is 5.10 Å². The molecule has 134 valence electrons. The van der Waals surface area contributed by atoms with E-state index >= 15 is 0 Å². The van der Waals surface area contributed by atoms with Gasteiger partial charge in [-0.05, 0) is 31.4 Å². The molecule has 0 saturated carbocycles. The first-order valence-corrected chi connectivity index (χ1v) is 9.41. The van der Waals surface area contributed by atoms with Gasteiger partial charge < -0.3 is 10.0 Å².